The van der Waals surface area contributed by atoms with E-state index in [-0.39, 0.29) is 12.6 Å². The highest BCUT2D eigenvalue weighted by Gasteiger charge is 2.09. The molecule has 0 saturated heterocycles. The van der Waals surface area contributed by atoms with Gasteiger partial charge in [0.1, 0.15) is 0 Å². The highest BCUT2D eigenvalue weighted by molar-refractivity contribution is 5.71. The van der Waals surface area contributed by atoms with Gasteiger partial charge in [0, 0.05) is 6.54 Å². The molecule has 5 nitrogen and oxygen atoms in total. The van der Waals surface area contributed by atoms with Gasteiger partial charge in [0.15, 0.2) is 18.1 Å². The first-order chi connectivity index (χ1) is 9.71. The summed E-state index contributed by atoms with van der Waals surface area (Å²) in [6, 6.07) is 5.63. The number of carbonyl (C=O) groups is 1. The number of rotatable bonds is 9. The molecule has 0 aromatic heterocycles. The maximum absolute atomic E-state index is 11.5. The number of nitrogens with one attached hydrogen (secondary N) is 1. The predicted octanol–water partition coefficient (Wildman–Crippen LogP) is 2.14. The molecule has 0 radical (unpaired) electrons. The van der Waals surface area contributed by atoms with Crippen LogP contribution in [0, 0.1) is 0 Å². The molecule has 1 rings (SSSR count). The summed E-state index contributed by atoms with van der Waals surface area (Å²) in [6.07, 6.45) is 1.86. The van der Waals surface area contributed by atoms with Crippen molar-refractivity contribution in [2.75, 3.05) is 27.4 Å². The van der Waals surface area contributed by atoms with Crippen LogP contribution in [-0.2, 0) is 16.1 Å². The molecule has 0 fully saturated rings. The quantitative estimate of drug-likeness (QED) is 0.555. The highest BCUT2D eigenvalue weighted by Crippen LogP contribution is 2.28. The van der Waals surface area contributed by atoms with Gasteiger partial charge in [-0.3, -0.25) is 0 Å². The molecule has 0 unspecified atom stereocenters. The molecular weight excluding hydrogens is 258 g/mol. The molecule has 0 atom stereocenters. The SMILES string of the molecule is CCCCOC(=O)COc1cc(CNC)ccc1OC. The number of hydrogen-bond acceptors (Lipinski definition) is 5. The van der Waals surface area contributed by atoms with Gasteiger partial charge in [0.2, 0.25) is 0 Å². The van der Waals surface area contributed by atoms with Crippen LogP contribution in [0.2, 0.25) is 0 Å². The van der Waals surface area contributed by atoms with Crippen molar-refractivity contribution in [2.45, 2.75) is 26.3 Å². The third-order valence-corrected chi connectivity index (χ3v) is 2.72. The Bertz CT molecular complexity index is 420. The molecule has 20 heavy (non-hydrogen) atoms. The topological polar surface area (TPSA) is 56.8 Å². The zero-order valence-electron chi connectivity index (χ0n) is 12.4. The van der Waals surface area contributed by atoms with Crippen molar-refractivity contribution in [1.29, 1.82) is 0 Å². The van der Waals surface area contributed by atoms with Crippen molar-refractivity contribution < 1.29 is 19.0 Å². The van der Waals surface area contributed by atoms with E-state index in [0.717, 1.165) is 24.9 Å². The van der Waals surface area contributed by atoms with Crippen molar-refractivity contribution in [3.05, 3.63) is 23.8 Å². The third-order valence-electron chi connectivity index (χ3n) is 2.72. The molecule has 1 aromatic carbocycles. The molecule has 1 N–H and O–H groups in total. The number of hydrogen-bond donors (Lipinski definition) is 1. The number of carbonyl (C=O) groups excluding carboxylic acids is 1. The molecule has 0 amide bonds. The Morgan fingerprint density at radius 3 is 2.75 bits per heavy atom. The summed E-state index contributed by atoms with van der Waals surface area (Å²) in [6.45, 7) is 3.10. The molecule has 1 aromatic rings. The van der Waals surface area contributed by atoms with Crippen LogP contribution in [0.5, 0.6) is 11.5 Å². The number of unbranched alkanes of at least 4 members (excludes halogenated alkanes) is 1. The number of ether oxygens (including phenoxy) is 3. The fraction of sp³-hybridized carbons (Fsp3) is 0.533. The van der Waals surface area contributed by atoms with Gasteiger partial charge in [-0.2, -0.15) is 0 Å². The minimum absolute atomic E-state index is 0.108. The largest absolute Gasteiger partial charge is 0.493 e. The lowest BCUT2D eigenvalue weighted by Gasteiger charge is -2.12. The monoisotopic (exact) mass is 281 g/mol. The van der Waals surface area contributed by atoms with E-state index in [4.69, 9.17) is 14.2 Å². The second-order valence-electron chi connectivity index (χ2n) is 4.38. The number of methoxy groups -OCH3 is 1. The Hall–Kier alpha value is -1.75. The first-order valence-electron chi connectivity index (χ1n) is 6.81. The molecule has 0 heterocycles. The van der Waals surface area contributed by atoms with Crippen LogP contribution in [0.3, 0.4) is 0 Å². The first kappa shape index (κ1) is 16.3. The minimum Gasteiger partial charge on any atom is -0.493 e. The number of benzene rings is 1. The van der Waals surface area contributed by atoms with Crippen LogP contribution in [0.4, 0.5) is 0 Å². The maximum atomic E-state index is 11.5. The van der Waals surface area contributed by atoms with E-state index in [1.165, 1.54) is 0 Å². The van der Waals surface area contributed by atoms with Gasteiger partial charge in [-0.25, -0.2) is 4.79 Å². The Balaban J connectivity index is 2.56. The molecule has 0 aliphatic carbocycles. The van der Waals surface area contributed by atoms with E-state index in [0.29, 0.717) is 18.1 Å². The molecular formula is C15H23NO4. The molecule has 5 heteroatoms. The van der Waals surface area contributed by atoms with Crippen LogP contribution in [0.1, 0.15) is 25.3 Å². The Morgan fingerprint density at radius 2 is 2.10 bits per heavy atom. The van der Waals surface area contributed by atoms with E-state index in [9.17, 15) is 4.79 Å². The second kappa shape index (κ2) is 9.20. The van der Waals surface area contributed by atoms with E-state index in [1.807, 2.05) is 32.2 Å². The zero-order chi connectivity index (χ0) is 14.8. The smallest absolute Gasteiger partial charge is 0.344 e. The first-order valence-corrected chi connectivity index (χ1v) is 6.81. The third kappa shape index (κ3) is 5.48. The fourth-order valence-corrected chi connectivity index (χ4v) is 1.66. The normalized spacial score (nSPS) is 10.2. The van der Waals surface area contributed by atoms with Gasteiger partial charge in [-0.05, 0) is 31.2 Å². The van der Waals surface area contributed by atoms with Crippen LogP contribution >= 0.6 is 0 Å². The van der Waals surface area contributed by atoms with Gasteiger partial charge in [-0.15, -0.1) is 0 Å². The van der Waals surface area contributed by atoms with E-state index >= 15 is 0 Å². The van der Waals surface area contributed by atoms with E-state index in [2.05, 4.69) is 5.32 Å². The van der Waals surface area contributed by atoms with E-state index in [1.54, 1.807) is 7.11 Å². The van der Waals surface area contributed by atoms with Crippen molar-refractivity contribution in [3.63, 3.8) is 0 Å². The Kier molecular flexibility index (Phi) is 7.50. The van der Waals surface area contributed by atoms with Crippen molar-refractivity contribution in [1.82, 2.24) is 5.32 Å². The lowest BCUT2D eigenvalue weighted by atomic mass is 10.2. The molecule has 0 spiro atoms. The maximum Gasteiger partial charge on any atom is 0.344 e. The lowest BCUT2D eigenvalue weighted by Crippen LogP contribution is -2.16. The Morgan fingerprint density at radius 1 is 1.30 bits per heavy atom. The predicted molar refractivity (Wildman–Crippen MR) is 77.1 cm³/mol. The number of esters is 1. The van der Waals surface area contributed by atoms with Crippen molar-refractivity contribution in [3.8, 4) is 11.5 Å². The average molecular weight is 281 g/mol. The summed E-state index contributed by atoms with van der Waals surface area (Å²) in [7, 11) is 3.44. The second-order valence-corrected chi connectivity index (χ2v) is 4.38. The lowest BCUT2D eigenvalue weighted by molar-refractivity contribution is -0.146. The molecule has 0 saturated carbocycles. The summed E-state index contributed by atoms with van der Waals surface area (Å²) in [5, 5.41) is 3.06. The average Bonchev–Trinajstić information content (AvgIpc) is 2.46. The standard InChI is InChI=1S/C15H23NO4/c1-4-5-8-19-15(17)11-20-14-9-12(10-16-2)6-7-13(14)18-3/h6-7,9,16H,4-5,8,10-11H2,1-3H3. The molecule has 112 valence electrons. The Labute approximate surface area is 120 Å². The zero-order valence-corrected chi connectivity index (χ0v) is 12.4. The molecule has 0 bridgehead atoms. The van der Waals surface area contributed by atoms with Gasteiger partial charge >= 0.3 is 5.97 Å². The summed E-state index contributed by atoms with van der Waals surface area (Å²) in [5.41, 5.74) is 1.06. The van der Waals surface area contributed by atoms with Crippen LogP contribution in [0.15, 0.2) is 18.2 Å². The summed E-state index contributed by atoms with van der Waals surface area (Å²) in [5.74, 6) is 0.790. The van der Waals surface area contributed by atoms with Gasteiger partial charge in [0.25, 0.3) is 0 Å². The van der Waals surface area contributed by atoms with Crippen molar-refractivity contribution in [2.24, 2.45) is 0 Å². The van der Waals surface area contributed by atoms with Gasteiger partial charge in [-0.1, -0.05) is 19.4 Å². The van der Waals surface area contributed by atoms with Crippen molar-refractivity contribution >= 4 is 5.97 Å². The summed E-state index contributed by atoms with van der Waals surface area (Å²) < 4.78 is 15.7. The van der Waals surface area contributed by atoms with E-state index < -0.39 is 0 Å². The highest BCUT2D eigenvalue weighted by atomic mass is 16.6. The van der Waals surface area contributed by atoms with Crippen LogP contribution in [0.25, 0.3) is 0 Å². The molecule has 0 aliphatic heterocycles. The van der Waals surface area contributed by atoms with Gasteiger partial charge in [0.05, 0.1) is 13.7 Å². The van der Waals surface area contributed by atoms with Crippen LogP contribution < -0.4 is 14.8 Å². The summed E-state index contributed by atoms with van der Waals surface area (Å²) >= 11 is 0. The molecule has 0 aliphatic rings. The van der Waals surface area contributed by atoms with Gasteiger partial charge < -0.3 is 19.5 Å². The minimum atomic E-state index is -0.362. The summed E-state index contributed by atoms with van der Waals surface area (Å²) in [4.78, 5) is 11.5. The van der Waals surface area contributed by atoms with Crippen LogP contribution in [-0.4, -0.2) is 33.3 Å². The fourth-order valence-electron chi connectivity index (χ4n) is 1.66.